The van der Waals surface area contributed by atoms with Crippen molar-refractivity contribution >= 4 is 38.3 Å². The van der Waals surface area contributed by atoms with Gasteiger partial charge in [0, 0.05) is 11.3 Å². The van der Waals surface area contributed by atoms with Crippen molar-refractivity contribution in [3.63, 3.8) is 0 Å². The molecule has 0 atom stereocenters. The second-order valence-electron chi connectivity index (χ2n) is 4.42. The molecule has 6 heteroatoms. The Labute approximate surface area is 125 Å². The van der Waals surface area contributed by atoms with E-state index in [1.165, 1.54) is 11.3 Å². The lowest BCUT2D eigenvalue weighted by atomic mass is 10.2. The van der Waals surface area contributed by atoms with Crippen LogP contribution in [0, 0.1) is 0 Å². The van der Waals surface area contributed by atoms with Crippen molar-refractivity contribution in [1.29, 1.82) is 0 Å². The molecule has 106 valence electrons. The van der Waals surface area contributed by atoms with Gasteiger partial charge in [0.05, 0.1) is 17.3 Å². The highest BCUT2D eigenvalue weighted by Crippen LogP contribution is 2.25. The Hall–Kier alpha value is -2.60. The summed E-state index contributed by atoms with van der Waals surface area (Å²) in [6.45, 7) is 0. The molecule has 0 unspecified atom stereocenters. The highest BCUT2D eigenvalue weighted by atomic mass is 32.1. The number of hydrogen-bond acceptors (Lipinski definition) is 5. The Balaban J connectivity index is 1.82. The maximum absolute atomic E-state index is 12.2. The number of nitrogens with zero attached hydrogens (tertiary/aromatic N) is 1. The molecule has 1 aromatic heterocycles. The Morgan fingerprint density at radius 1 is 1.24 bits per heavy atom. The minimum absolute atomic E-state index is 0.172. The number of nitrogens with two attached hydrogens (primary N) is 1. The first-order chi connectivity index (χ1) is 10.2. The third-order valence-electron chi connectivity index (χ3n) is 3.02. The molecule has 0 aliphatic carbocycles. The highest BCUT2D eigenvalue weighted by molar-refractivity contribution is 7.22. The number of fused-ring (bicyclic) bond motifs is 1. The van der Waals surface area contributed by atoms with Gasteiger partial charge in [0.15, 0.2) is 5.13 Å². The molecule has 0 fully saturated rings. The van der Waals surface area contributed by atoms with Crippen LogP contribution < -0.4 is 15.8 Å². The molecule has 0 aliphatic heterocycles. The summed E-state index contributed by atoms with van der Waals surface area (Å²) in [5.74, 6) is 0.573. The first-order valence-corrected chi connectivity index (χ1v) is 7.09. The van der Waals surface area contributed by atoms with Crippen LogP contribution in [0.4, 0.5) is 10.8 Å². The Kier molecular flexibility index (Phi) is 3.45. The van der Waals surface area contributed by atoms with Gasteiger partial charge in [0.2, 0.25) is 0 Å². The van der Waals surface area contributed by atoms with Gasteiger partial charge in [-0.1, -0.05) is 11.3 Å². The summed E-state index contributed by atoms with van der Waals surface area (Å²) in [7, 11) is 1.60. The van der Waals surface area contributed by atoms with E-state index in [1.807, 2.05) is 0 Å². The monoisotopic (exact) mass is 299 g/mol. The molecule has 0 saturated heterocycles. The zero-order valence-electron chi connectivity index (χ0n) is 11.3. The molecule has 0 radical (unpaired) electrons. The van der Waals surface area contributed by atoms with Crippen LogP contribution in [0.25, 0.3) is 10.2 Å². The van der Waals surface area contributed by atoms with E-state index in [-0.39, 0.29) is 5.91 Å². The van der Waals surface area contributed by atoms with Crippen molar-refractivity contribution in [2.75, 3.05) is 18.2 Å². The molecule has 0 saturated carbocycles. The number of rotatable bonds is 3. The normalized spacial score (nSPS) is 10.5. The van der Waals surface area contributed by atoms with Crippen LogP contribution >= 0.6 is 11.3 Å². The van der Waals surface area contributed by atoms with Crippen molar-refractivity contribution in [2.24, 2.45) is 0 Å². The van der Waals surface area contributed by atoms with Gasteiger partial charge in [-0.15, -0.1) is 0 Å². The van der Waals surface area contributed by atoms with Crippen molar-refractivity contribution in [2.45, 2.75) is 0 Å². The molecule has 5 nitrogen and oxygen atoms in total. The Bertz CT molecular complexity index is 796. The van der Waals surface area contributed by atoms with Gasteiger partial charge in [-0.3, -0.25) is 4.79 Å². The minimum atomic E-state index is -0.172. The fourth-order valence-electron chi connectivity index (χ4n) is 1.96. The second kappa shape index (κ2) is 5.41. The summed E-state index contributed by atoms with van der Waals surface area (Å²) in [6, 6.07) is 12.5. The number of anilines is 2. The number of methoxy groups -OCH3 is 1. The topological polar surface area (TPSA) is 77.2 Å². The average Bonchev–Trinajstić information content (AvgIpc) is 2.87. The number of aromatic nitrogens is 1. The van der Waals surface area contributed by atoms with Crippen LogP contribution in [0.5, 0.6) is 5.75 Å². The molecule has 3 aromatic rings. The Morgan fingerprint density at radius 2 is 2.00 bits per heavy atom. The van der Waals surface area contributed by atoms with Crippen molar-refractivity contribution in [3.8, 4) is 5.75 Å². The third kappa shape index (κ3) is 2.80. The van der Waals surface area contributed by atoms with E-state index in [9.17, 15) is 4.79 Å². The van der Waals surface area contributed by atoms with Crippen LogP contribution in [0.1, 0.15) is 10.4 Å². The van der Waals surface area contributed by atoms with E-state index in [0.717, 1.165) is 16.0 Å². The minimum Gasteiger partial charge on any atom is -0.497 e. The molecule has 0 aliphatic rings. The summed E-state index contributed by atoms with van der Waals surface area (Å²) in [4.78, 5) is 16.4. The number of nitrogen functional groups attached to an aromatic ring is 1. The number of carbonyl (C=O) groups excluding carboxylic acids is 1. The number of nitrogens with one attached hydrogen (secondary N) is 1. The summed E-state index contributed by atoms with van der Waals surface area (Å²) in [5, 5.41) is 3.34. The third-order valence-corrected chi connectivity index (χ3v) is 3.86. The maximum atomic E-state index is 12.2. The van der Waals surface area contributed by atoms with Crippen molar-refractivity contribution in [3.05, 3.63) is 48.0 Å². The van der Waals surface area contributed by atoms with E-state index in [4.69, 9.17) is 10.5 Å². The smallest absolute Gasteiger partial charge is 0.255 e. The molecule has 0 spiro atoms. The van der Waals surface area contributed by atoms with Crippen LogP contribution in [0.3, 0.4) is 0 Å². The number of benzene rings is 2. The lowest BCUT2D eigenvalue weighted by Crippen LogP contribution is -2.11. The second-order valence-corrected chi connectivity index (χ2v) is 5.48. The Morgan fingerprint density at radius 3 is 2.71 bits per heavy atom. The van der Waals surface area contributed by atoms with E-state index in [0.29, 0.717) is 16.4 Å². The van der Waals surface area contributed by atoms with Crippen molar-refractivity contribution in [1.82, 2.24) is 4.98 Å². The number of amides is 1. The van der Waals surface area contributed by atoms with Crippen LogP contribution in [0.2, 0.25) is 0 Å². The van der Waals surface area contributed by atoms with Gasteiger partial charge >= 0.3 is 0 Å². The van der Waals surface area contributed by atoms with E-state index in [2.05, 4.69) is 10.3 Å². The average molecular weight is 299 g/mol. The van der Waals surface area contributed by atoms with Gasteiger partial charge in [0.1, 0.15) is 5.75 Å². The predicted molar refractivity (Wildman–Crippen MR) is 85.0 cm³/mol. The summed E-state index contributed by atoms with van der Waals surface area (Å²) >= 11 is 1.37. The van der Waals surface area contributed by atoms with Gasteiger partial charge in [-0.2, -0.15) is 0 Å². The number of ether oxygens (including phenoxy) is 1. The molecule has 3 rings (SSSR count). The van der Waals surface area contributed by atoms with Gasteiger partial charge in [0.25, 0.3) is 5.91 Å². The number of thiazole rings is 1. The fraction of sp³-hybridized carbons (Fsp3) is 0.0667. The molecular formula is C15H13N3O2S. The molecule has 21 heavy (non-hydrogen) atoms. The quantitative estimate of drug-likeness (QED) is 0.779. The van der Waals surface area contributed by atoms with Crippen LogP contribution in [-0.4, -0.2) is 18.0 Å². The van der Waals surface area contributed by atoms with Gasteiger partial charge in [-0.25, -0.2) is 4.98 Å². The van der Waals surface area contributed by atoms with E-state index in [1.54, 1.807) is 49.6 Å². The summed E-state index contributed by atoms with van der Waals surface area (Å²) < 4.78 is 5.98. The largest absolute Gasteiger partial charge is 0.497 e. The van der Waals surface area contributed by atoms with E-state index < -0.39 is 0 Å². The lowest BCUT2D eigenvalue weighted by molar-refractivity contribution is 0.102. The molecule has 3 N–H and O–H groups in total. The molecule has 1 heterocycles. The zero-order valence-corrected chi connectivity index (χ0v) is 12.1. The first kappa shape index (κ1) is 13.4. The molecule has 0 bridgehead atoms. The van der Waals surface area contributed by atoms with Crippen LogP contribution in [0.15, 0.2) is 42.5 Å². The molecular weight excluding hydrogens is 286 g/mol. The maximum Gasteiger partial charge on any atom is 0.255 e. The lowest BCUT2D eigenvalue weighted by Gasteiger charge is -2.06. The summed E-state index contributed by atoms with van der Waals surface area (Å²) in [6.07, 6.45) is 0. The van der Waals surface area contributed by atoms with E-state index >= 15 is 0 Å². The van der Waals surface area contributed by atoms with Crippen molar-refractivity contribution < 1.29 is 9.53 Å². The summed E-state index contributed by atoms with van der Waals surface area (Å²) in [5.41, 5.74) is 7.75. The SMILES string of the molecule is COc1ccc(NC(=O)c2ccc3nc(N)sc3c2)cc1. The van der Waals surface area contributed by atoms with Crippen LogP contribution in [-0.2, 0) is 0 Å². The zero-order chi connectivity index (χ0) is 14.8. The molecule has 1 amide bonds. The highest BCUT2D eigenvalue weighted by Gasteiger charge is 2.09. The number of carbonyl (C=O) groups is 1. The number of hydrogen-bond donors (Lipinski definition) is 2. The standard InChI is InChI=1S/C15H13N3O2S/c1-20-11-5-3-10(4-6-11)17-14(19)9-2-7-12-13(8-9)21-15(16)18-12/h2-8H,1H3,(H2,16,18)(H,17,19). The first-order valence-electron chi connectivity index (χ1n) is 6.27. The predicted octanol–water partition coefficient (Wildman–Crippen LogP) is 3.14. The van der Waals surface area contributed by atoms with Gasteiger partial charge < -0.3 is 15.8 Å². The van der Waals surface area contributed by atoms with Gasteiger partial charge in [-0.05, 0) is 42.5 Å². The molecule has 2 aromatic carbocycles. The fourth-order valence-corrected chi connectivity index (χ4v) is 2.73.